The Morgan fingerprint density at radius 2 is 2.29 bits per heavy atom. The summed E-state index contributed by atoms with van der Waals surface area (Å²) in [7, 11) is 0. The summed E-state index contributed by atoms with van der Waals surface area (Å²) in [6.45, 7) is 4.89. The van der Waals surface area contributed by atoms with Crippen LogP contribution in [0.5, 0.6) is 0 Å². The van der Waals surface area contributed by atoms with E-state index in [1.165, 1.54) is 17.0 Å². The zero-order valence-electron chi connectivity index (χ0n) is 13.1. The second-order valence-electron chi connectivity index (χ2n) is 5.48. The first-order valence-electron chi connectivity index (χ1n) is 7.64. The van der Waals surface area contributed by atoms with E-state index >= 15 is 0 Å². The lowest BCUT2D eigenvalue weighted by Crippen LogP contribution is -2.41. The molecule has 0 radical (unpaired) electrons. The third kappa shape index (κ3) is 4.88. The van der Waals surface area contributed by atoms with E-state index in [9.17, 15) is 4.79 Å². The van der Waals surface area contributed by atoms with Crippen LogP contribution in [-0.2, 0) is 12.8 Å². The molecular formula is C15H25N3OS2. The molecule has 0 unspecified atom stereocenters. The predicted molar refractivity (Wildman–Crippen MR) is 91.4 cm³/mol. The standard InChI is InChI=1S/C15H25N3OS2/c1-4-13-10(2)21-14(18-13)7-8-16-15(19)17-11-5-6-12(9-11)20-3/h11-12H,4-9H2,1-3H3,(H2,16,17,19)/t11-,12-/m1/s1. The van der Waals surface area contributed by atoms with Gasteiger partial charge in [0.2, 0.25) is 0 Å². The van der Waals surface area contributed by atoms with E-state index < -0.39 is 0 Å². The maximum atomic E-state index is 11.9. The van der Waals surface area contributed by atoms with Crippen LogP contribution in [0.1, 0.15) is 41.8 Å². The SMILES string of the molecule is CCc1nc(CCNC(=O)N[C@@H]2CC[C@@H](SC)C2)sc1C. The quantitative estimate of drug-likeness (QED) is 0.844. The molecule has 0 aromatic carbocycles. The van der Waals surface area contributed by atoms with E-state index in [1.807, 2.05) is 11.8 Å². The molecule has 1 aromatic rings. The minimum atomic E-state index is -0.0363. The van der Waals surface area contributed by atoms with Crippen LogP contribution in [0.3, 0.4) is 0 Å². The molecule has 1 saturated carbocycles. The van der Waals surface area contributed by atoms with E-state index in [1.54, 1.807) is 11.3 Å². The summed E-state index contributed by atoms with van der Waals surface area (Å²) in [5.74, 6) is 0. The fraction of sp³-hybridized carbons (Fsp3) is 0.733. The molecule has 0 aliphatic heterocycles. The van der Waals surface area contributed by atoms with Crippen LogP contribution in [-0.4, -0.2) is 35.1 Å². The molecule has 0 spiro atoms. The average Bonchev–Trinajstić information content (AvgIpc) is 3.05. The lowest BCUT2D eigenvalue weighted by atomic mass is 10.2. The Morgan fingerprint density at radius 1 is 1.48 bits per heavy atom. The first-order chi connectivity index (χ1) is 10.1. The predicted octanol–water partition coefficient (Wildman–Crippen LogP) is 3.14. The number of carbonyl (C=O) groups excluding carboxylic acids is 1. The number of rotatable bonds is 6. The molecule has 1 aromatic heterocycles. The lowest BCUT2D eigenvalue weighted by Gasteiger charge is -2.13. The number of carbonyl (C=O) groups is 1. The molecule has 1 fully saturated rings. The maximum absolute atomic E-state index is 11.9. The van der Waals surface area contributed by atoms with Gasteiger partial charge < -0.3 is 10.6 Å². The highest BCUT2D eigenvalue weighted by Crippen LogP contribution is 2.28. The summed E-state index contributed by atoms with van der Waals surface area (Å²) < 4.78 is 0. The number of thiazole rings is 1. The number of hydrogen-bond donors (Lipinski definition) is 2. The van der Waals surface area contributed by atoms with Gasteiger partial charge in [-0.3, -0.25) is 0 Å². The third-order valence-electron chi connectivity index (χ3n) is 3.95. The maximum Gasteiger partial charge on any atom is 0.315 e. The van der Waals surface area contributed by atoms with Crippen molar-refractivity contribution in [2.45, 2.75) is 57.2 Å². The fourth-order valence-electron chi connectivity index (χ4n) is 2.73. The van der Waals surface area contributed by atoms with Crippen LogP contribution in [0.25, 0.3) is 0 Å². The third-order valence-corrected chi connectivity index (χ3v) is 6.12. The molecule has 2 amide bonds. The van der Waals surface area contributed by atoms with Gasteiger partial charge in [0.05, 0.1) is 10.7 Å². The van der Waals surface area contributed by atoms with Crippen LogP contribution in [0.4, 0.5) is 4.79 Å². The zero-order valence-corrected chi connectivity index (χ0v) is 14.7. The van der Waals surface area contributed by atoms with Gasteiger partial charge in [0, 0.05) is 29.1 Å². The topological polar surface area (TPSA) is 54.0 Å². The number of aryl methyl sites for hydroxylation is 2. The van der Waals surface area contributed by atoms with E-state index in [0.29, 0.717) is 17.8 Å². The number of amides is 2. The van der Waals surface area contributed by atoms with Gasteiger partial charge in [-0.1, -0.05) is 6.92 Å². The fourth-order valence-corrected chi connectivity index (χ4v) is 4.55. The second-order valence-corrected chi connectivity index (χ2v) is 7.91. The van der Waals surface area contributed by atoms with Crippen molar-refractivity contribution in [3.63, 3.8) is 0 Å². The van der Waals surface area contributed by atoms with Crippen LogP contribution in [0.15, 0.2) is 0 Å². The van der Waals surface area contributed by atoms with Gasteiger partial charge in [-0.25, -0.2) is 9.78 Å². The zero-order chi connectivity index (χ0) is 15.2. The number of hydrogen-bond acceptors (Lipinski definition) is 4. The van der Waals surface area contributed by atoms with E-state index in [0.717, 1.165) is 30.7 Å². The molecule has 2 rings (SSSR count). The monoisotopic (exact) mass is 327 g/mol. The van der Waals surface area contributed by atoms with Crippen LogP contribution < -0.4 is 10.6 Å². The molecule has 21 heavy (non-hydrogen) atoms. The highest BCUT2D eigenvalue weighted by atomic mass is 32.2. The second kappa shape index (κ2) is 8.03. The molecule has 1 aliphatic carbocycles. The van der Waals surface area contributed by atoms with Gasteiger partial charge in [0.1, 0.15) is 0 Å². The van der Waals surface area contributed by atoms with Crippen LogP contribution >= 0.6 is 23.1 Å². The van der Waals surface area contributed by atoms with Gasteiger partial charge in [-0.2, -0.15) is 11.8 Å². The minimum Gasteiger partial charge on any atom is -0.338 e. The van der Waals surface area contributed by atoms with Crippen molar-refractivity contribution >= 4 is 29.1 Å². The Balaban J connectivity index is 1.67. The number of nitrogens with one attached hydrogen (secondary N) is 2. The van der Waals surface area contributed by atoms with Gasteiger partial charge in [-0.05, 0) is 38.9 Å². The Labute approximate surface area is 135 Å². The highest BCUT2D eigenvalue weighted by molar-refractivity contribution is 7.99. The average molecular weight is 328 g/mol. The van der Waals surface area contributed by atoms with Gasteiger partial charge in [0.25, 0.3) is 0 Å². The van der Waals surface area contributed by atoms with Crippen LogP contribution in [0.2, 0.25) is 0 Å². The number of urea groups is 1. The minimum absolute atomic E-state index is 0.0363. The normalized spacial score (nSPS) is 21.5. The lowest BCUT2D eigenvalue weighted by molar-refractivity contribution is 0.237. The van der Waals surface area contributed by atoms with Crippen molar-refractivity contribution < 1.29 is 4.79 Å². The van der Waals surface area contributed by atoms with E-state index in [2.05, 4.69) is 35.7 Å². The summed E-state index contributed by atoms with van der Waals surface area (Å²) in [5.41, 5.74) is 1.19. The highest BCUT2D eigenvalue weighted by Gasteiger charge is 2.24. The summed E-state index contributed by atoms with van der Waals surface area (Å²) in [4.78, 5) is 17.8. The Morgan fingerprint density at radius 3 is 2.90 bits per heavy atom. The molecule has 0 bridgehead atoms. The van der Waals surface area contributed by atoms with Gasteiger partial charge in [0.15, 0.2) is 0 Å². The van der Waals surface area contributed by atoms with Crippen molar-refractivity contribution in [1.29, 1.82) is 0 Å². The number of thioether (sulfide) groups is 1. The van der Waals surface area contributed by atoms with E-state index in [-0.39, 0.29) is 6.03 Å². The molecule has 4 nitrogen and oxygen atoms in total. The molecule has 1 heterocycles. The molecule has 2 N–H and O–H groups in total. The first kappa shape index (κ1) is 16.6. The summed E-state index contributed by atoms with van der Waals surface area (Å²) >= 11 is 3.65. The Hall–Kier alpha value is -0.750. The molecule has 2 atom stereocenters. The van der Waals surface area contributed by atoms with Gasteiger partial charge >= 0.3 is 6.03 Å². The van der Waals surface area contributed by atoms with Crippen LogP contribution in [0, 0.1) is 6.92 Å². The van der Waals surface area contributed by atoms with Crippen molar-refractivity contribution in [3.8, 4) is 0 Å². The Bertz CT molecular complexity index is 475. The summed E-state index contributed by atoms with van der Waals surface area (Å²) in [6, 6.07) is 0.307. The summed E-state index contributed by atoms with van der Waals surface area (Å²) in [6.07, 6.45) is 7.36. The number of nitrogens with zero attached hydrogens (tertiary/aromatic N) is 1. The van der Waals surface area contributed by atoms with Crippen molar-refractivity contribution in [3.05, 3.63) is 15.6 Å². The Kier molecular flexibility index (Phi) is 6.36. The van der Waals surface area contributed by atoms with Crippen molar-refractivity contribution in [1.82, 2.24) is 15.6 Å². The van der Waals surface area contributed by atoms with E-state index in [4.69, 9.17) is 0 Å². The number of aromatic nitrogens is 1. The van der Waals surface area contributed by atoms with Crippen molar-refractivity contribution in [2.24, 2.45) is 0 Å². The van der Waals surface area contributed by atoms with Crippen molar-refractivity contribution in [2.75, 3.05) is 12.8 Å². The molecular weight excluding hydrogens is 302 g/mol. The molecule has 118 valence electrons. The summed E-state index contributed by atoms with van der Waals surface area (Å²) in [5, 5.41) is 7.85. The molecule has 6 heteroatoms. The first-order valence-corrected chi connectivity index (χ1v) is 9.75. The molecule has 0 saturated heterocycles. The van der Waals surface area contributed by atoms with Gasteiger partial charge in [-0.15, -0.1) is 11.3 Å². The molecule has 1 aliphatic rings. The largest absolute Gasteiger partial charge is 0.338 e. The smallest absolute Gasteiger partial charge is 0.315 e.